The summed E-state index contributed by atoms with van der Waals surface area (Å²) in [6.07, 6.45) is 1.11. The van der Waals surface area contributed by atoms with E-state index >= 15 is 0 Å². The molecule has 0 radical (unpaired) electrons. The fourth-order valence-corrected chi connectivity index (χ4v) is 7.34. The lowest BCUT2D eigenvalue weighted by Gasteiger charge is -2.41. The summed E-state index contributed by atoms with van der Waals surface area (Å²) in [5, 5.41) is 13.1. The van der Waals surface area contributed by atoms with E-state index in [1.165, 1.54) is 13.0 Å². The van der Waals surface area contributed by atoms with Crippen LogP contribution in [0.2, 0.25) is 0 Å². The predicted molar refractivity (Wildman–Crippen MR) is 182 cm³/mol. The molecule has 4 aromatic rings. The number of aromatic nitrogens is 2. The summed E-state index contributed by atoms with van der Waals surface area (Å²) in [5.74, 6) is -5.53. The fraction of sp³-hybridized carbons (Fsp3) is 0.359. The molecule has 2 heterocycles. The summed E-state index contributed by atoms with van der Waals surface area (Å²) in [5.41, 5.74) is 1.27. The standard InChI is InChI=1S/C39H36F4N4O5/c1-22(48)33-11-13-35(47-46-33)52-28-8-4-24(5-9-28)38(14-16-39(42,43)17-15-38)23-2-6-27(7-3-23)51-29-18-25(19-29)44-26-20-31(40)36(32(41)21-26)30-10-12-34(49)45-37(30)50/h2-9,11,13,20-21,25,29-30,44H,10,12,14-19H2,1H3,(H,45,49,50). The molecule has 1 unspecified atom stereocenters. The molecule has 1 aliphatic heterocycles. The van der Waals surface area contributed by atoms with Crippen LogP contribution < -0.4 is 20.1 Å². The molecule has 3 aromatic carbocycles. The van der Waals surface area contributed by atoms with Gasteiger partial charge in [-0.25, -0.2) is 17.6 Å². The number of carbonyl (C=O) groups is 3. The minimum absolute atomic E-state index is 0.0175. The molecule has 2 N–H and O–H groups in total. The van der Waals surface area contributed by atoms with Crippen LogP contribution in [0.15, 0.2) is 72.8 Å². The highest BCUT2D eigenvalue weighted by atomic mass is 19.3. The van der Waals surface area contributed by atoms with Crippen molar-refractivity contribution in [1.82, 2.24) is 15.5 Å². The van der Waals surface area contributed by atoms with Gasteiger partial charge in [0.25, 0.3) is 0 Å². The van der Waals surface area contributed by atoms with E-state index in [0.29, 0.717) is 24.3 Å². The van der Waals surface area contributed by atoms with Gasteiger partial charge in [-0.15, -0.1) is 10.2 Å². The molecule has 1 atom stereocenters. The van der Waals surface area contributed by atoms with Crippen molar-refractivity contribution in [2.24, 2.45) is 0 Å². The SMILES string of the molecule is CC(=O)c1ccc(Oc2ccc(C3(c4ccc(OC5CC(Nc6cc(F)c(C7CCC(=O)NC7=O)c(F)c6)C5)cc4)CCC(F)(F)CC3)cc2)nn1. The first kappa shape index (κ1) is 35.1. The lowest BCUT2D eigenvalue weighted by molar-refractivity contribution is -0.134. The first-order valence-corrected chi connectivity index (χ1v) is 17.2. The second-order valence-corrected chi connectivity index (χ2v) is 13.8. The number of rotatable bonds is 10. The molecule has 0 bridgehead atoms. The zero-order chi connectivity index (χ0) is 36.6. The van der Waals surface area contributed by atoms with E-state index in [4.69, 9.17) is 9.47 Å². The van der Waals surface area contributed by atoms with Crippen LogP contribution in [0.4, 0.5) is 23.2 Å². The highest BCUT2D eigenvalue weighted by Crippen LogP contribution is 2.50. The maximum absolute atomic E-state index is 14.9. The Hall–Kier alpha value is -5.33. The van der Waals surface area contributed by atoms with E-state index in [9.17, 15) is 31.9 Å². The number of nitrogens with one attached hydrogen (secondary N) is 2. The average Bonchev–Trinajstić information content (AvgIpc) is 3.09. The quantitative estimate of drug-likeness (QED) is 0.0971. The first-order chi connectivity index (χ1) is 24.9. The predicted octanol–water partition coefficient (Wildman–Crippen LogP) is 7.79. The number of amides is 2. The van der Waals surface area contributed by atoms with Gasteiger partial charge in [-0.05, 0) is 72.9 Å². The minimum Gasteiger partial charge on any atom is -0.490 e. The third kappa shape index (κ3) is 7.35. The van der Waals surface area contributed by atoms with E-state index in [0.717, 1.165) is 23.3 Å². The lowest BCUT2D eigenvalue weighted by Crippen LogP contribution is -2.42. The number of alkyl halides is 2. The van der Waals surface area contributed by atoms with Gasteiger partial charge in [0, 0.05) is 67.8 Å². The van der Waals surface area contributed by atoms with Crippen molar-refractivity contribution in [1.29, 1.82) is 0 Å². The van der Waals surface area contributed by atoms with Crippen LogP contribution in [0.3, 0.4) is 0 Å². The number of piperidine rings is 1. The fourth-order valence-electron chi connectivity index (χ4n) is 7.34. The Balaban J connectivity index is 0.982. The number of benzene rings is 3. The van der Waals surface area contributed by atoms with Gasteiger partial charge >= 0.3 is 0 Å². The van der Waals surface area contributed by atoms with Gasteiger partial charge in [-0.2, -0.15) is 0 Å². The molecule has 270 valence electrons. The van der Waals surface area contributed by atoms with Gasteiger partial charge in [-0.1, -0.05) is 24.3 Å². The van der Waals surface area contributed by atoms with Gasteiger partial charge in [0.05, 0.1) is 5.92 Å². The summed E-state index contributed by atoms with van der Waals surface area (Å²) in [6, 6.07) is 20.1. The molecule has 52 heavy (non-hydrogen) atoms. The van der Waals surface area contributed by atoms with Crippen molar-refractivity contribution in [3.05, 3.63) is 107 Å². The summed E-state index contributed by atoms with van der Waals surface area (Å²) in [6.45, 7) is 1.40. The number of carbonyl (C=O) groups excluding carboxylic acids is 3. The smallest absolute Gasteiger partial charge is 0.248 e. The molecule has 3 fully saturated rings. The largest absolute Gasteiger partial charge is 0.490 e. The number of Topliss-reactive ketones (excluding diaryl/α,β-unsaturated/α-hetero) is 1. The Bertz CT molecular complexity index is 1950. The Morgan fingerprint density at radius 1 is 0.846 bits per heavy atom. The average molecular weight is 717 g/mol. The van der Waals surface area contributed by atoms with Crippen molar-refractivity contribution >= 4 is 23.3 Å². The first-order valence-electron chi connectivity index (χ1n) is 17.2. The number of nitrogens with zero attached hydrogens (tertiary/aromatic N) is 2. The molecule has 1 saturated heterocycles. The number of anilines is 1. The Kier molecular flexibility index (Phi) is 9.45. The lowest BCUT2D eigenvalue weighted by atomic mass is 9.64. The number of ether oxygens (including phenoxy) is 2. The third-order valence-corrected chi connectivity index (χ3v) is 10.3. The van der Waals surface area contributed by atoms with Crippen LogP contribution in [0, 0.1) is 11.6 Å². The second-order valence-electron chi connectivity index (χ2n) is 13.8. The molecule has 7 rings (SSSR count). The van der Waals surface area contributed by atoms with E-state index in [2.05, 4.69) is 20.8 Å². The summed E-state index contributed by atoms with van der Waals surface area (Å²) in [4.78, 5) is 35.1. The van der Waals surface area contributed by atoms with Crippen LogP contribution in [0.1, 0.15) is 91.4 Å². The number of halogens is 4. The molecular weight excluding hydrogens is 680 g/mol. The van der Waals surface area contributed by atoms with Gasteiger partial charge in [0.15, 0.2) is 5.78 Å². The normalized spacial score (nSPS) is 22.1. The van der Waals surface area contributed by atoms with E-state index in [-0.39, 0.29) is 79.3 Å². The van der Waals surface area contributed by atoms with E-state index in [1.807, 2.05) is 36.4 Å². The van der Waals surface area contributed by atoms with Crippen molar-refractivity contribution < 1.29 is 41.4 Å². The van der Waals surface area contributed by atoms with Crippen LogP contribution in [-0.4, -0.2) is 45.9 Å². The zero-order valence-electron chi connectivity index (χ0n) is 28.3. The zero-order valence-corrected chi connectivity index (χ0v) is 28.3. The van der Waals surface area contributed by atoms with Crippen LogP contribution in [0.5, 0.6) is 17.4 Å². The Morgan fingerprint density at radius 2 is 1.46 bits per heavy atom. The molecule has 9 nitrogen and oxygen atoms in total. The van der Waals surface area contributed by atoms with Crippen molar-refractivity contribution in [3.63, 3.8) is 0 Å². The number of ketones is 1. The maximum atomic E-state index is 14.9. The molecule has 0 spiro atoms. The Labute approximate surface area is 297 Å². The molecular formula is C39H36F4N4O5. The molecule has 3 aliphatic rings. The van der Waals surface area contributed by atoms with Gasteiger partial charge in [0.1, 0.15) is 34.9 Å². The minimum atomic E-state index is -2.73. The Morgan fingerprint density at radius 3 is 2.02 bits per heavy atom. The molecule has 13 heteroatoms. The van der Waals surface area contributed by atoms with Crippen molar-refractivity contribution in [2.75, 3.05) is 5.32 Å². The van der Waals surface area contributed by atoms with Crippen LogP contribution in [0.25, 0.3) is 0 Å². The van der Waals surface area contributed by atoms with Gasteiger partial charge < -0.3 is 14.8 Å². The molecule has 2 saturated carbocycles. The van der Waals surface area contributed by atoms with Crippen molar-refractivity contribution in [2.45, 2.75) is 87.7 Å². The van der Waals surface area contributed by atoms with Crippen LogP contribution in [-0.2, 0) is 15.0 Å². The topological polar surface area (TPSA) is 120 Å². The molecule has 2 amide bonds. The van der Waals surface area contributed by atoms with Crippen LogP contribution >= 0.6 is 0 Å². The second kappa shape index (κ2) is 14.0. The summed E-state index contributed by atoms with van der Waals surface area (Å²) < 4.78 is 70.7. The van der Waals surface area contributed by atoms with E-state index < -0.39 is 40.7 Å². The van der Waals surface area contributed by atoms with E-state index in [1.54, 1.807) is 18.2 Å². The number of imide groups is 1. The molecule has 2 aliphatic carbocycles. The van der Waals surface area contributed by atoms with Gasteiger partial charge in [-0.3, -0.25) is 19.7 Å². The molecule has 1 aromatic heterocycles. The highest BCUT2D eigenvalue weighted by molar-refractivity contribution is 6.01. The number of hydrogen-bond acceptors (Lipinski definition) is 8. The highest BCUT2D eigenvalue weighted by Gasteiger charge is 2.45. The maximum Gasteiger partial charge on any atom is 0.248 e. The monoisotopic (exact) mass is 716 g/mol. The summed E-state index contributed by atoms with van der Waals surface area (Å²) in [7, 11) is 0. The van der Waals surface area contributed by atoms with Crippen molar-refractivity contribution in [3.8, 4) is 17.4 Å². The third-order valence-electron chi connectivity index (χ3n) is 10.3. The van der Waals surface area contributed by atoms with Gasteiger partial charge in [0.2, 0.25) is 23.6 Å². The number of hydrogen-bond donors (Lipinski definition) is 2. The summed E-state index contributed by atoms with van der Waals surface area (Å²) >= 11 is 0.